The van der Waals surface area contributed by atoms with Crippen LogP contribution in [0, 0.1) is 0 Å². The van der Waals surface area contributed by atoms with Gasteiger partial charge in [-0.05, 0) is 61.0 Å². The van der Waals surface area contributed by atoms with E-state index < -0.39 is 0 Å². The lowest BCUT2D eigenvalue weighted by molar-refractivity contribution is -0.123. The zero-order chi connectivity index (χ0) is 20.6. The zero-order valence-corrected chi connectivity index (χ0v) is 16.3. The van der Waals surface area contributed by atoms with Crippen molar-refractivity contribution in [1.29, 1.82) is 0 Å². The number of nitrogens with one attached hydrogen (secondary N) is 2. The van der Waals surface area contributed by atoms with E-state index in [0.717, 1.165) is 5.56 Å². The number of carbonyl (C=O) groups is 2. The maximum Gasteiger partial charge on any atom is 0.291 e. The summed E-state index contributed by atoms with van der Waals surface area (Å²) in [5, 5.41) is 7.39. The predicted molar refractivity (Wildman–Crippen MR) is 110 cm³/mol. The van der Waals surface area contributed by atoms with E-state index in [1.807, 2.05) is 0 Å². The first kappa shape index (κ1) is 20.2. The van der Waals surface area contributed by atoms with Crippen LogP contribution < -0.4 is 15.5 Å². The number of rotatable bonds is 7. The Hall–Kier alpha value is -3.58. The fourth-order valence-corrected chi connectivity index (χ4v) is 2.44. The van der Waals surface area contributed by atoms with Gasteiger partial charge in [0.1, 0.15) is 5.75 Å². The maximum atomic E-state index is 12.0. The summed E-state index contributed by atoms with van der Waals surface area (Å²) < 4.78 is 10.4. The Bertz CT molecular complexity index is 997. The van der Waals surface area contributed by atoms with Gasteiger partial charge in [-0.25, -0.2) is 5.43 Å². The van der Waals surface area contributed by atoms with Crippen molar-refractivity contribution in [2.45, 2.75) is 6.92 Å². The molecule has 1 heterocycles. The van der Waals surface area contributed by atoms with Crippen molar-refractivity contribution >= 4 is 34.8 Å². The summed E-state index contributed by atoms with van der Waals surface area (Å²) in [7, 11) is 0. The van der Waals surface area contributed by atoms with Gasteiger partial charge in [0.15, 0.2) is 12.4 Å². The van der Waals surface area contributed by atoms with Crippen LogP contribution in [0.4, 0.5) is 5.69 Å². The number of anilines is 1. The third kappa shape index (κ3) is 5.95. The number of carbonyl (C=O) groups excluding carboxylic acids is 2. The molecule has 7 nitrogen and oxygen atoms in total. The van der Waals surface area contributed by atoms with Gasteiger partial charge < -0.3 is 14.5 Å². The third-order valence-corrected chi connectivity index (χ3v) is 4.09. The number of hydrazone groups is 1. The first-order valence-electron chi connectivity index (χ1n) is 8.68. The predicted octanol–water partition coefficient (Wildman–Crippen LogP) is 4.10. The lowest BCUT2D eigenvalue weighted by Gasteiger charge is -2.07. The molecule has 0 aliphatic carbocycles. The van der Waals surface area contributed by atoms with Gasteiger partial charge in [0.2, 0.25) is 0 Å². The summed E-state index contributed by atoms with van der Waals surface area (Å²) >= 11 is 5.80. The van der Waals surface area contributed by atoms with Crippen molar-refractivity contribution in [3.05, 3.63) is 83.3 Å². The average molecular weight is 412 g/mol. The van der Waals surface area contributed by atoms with Crippen molar-refractivity contribution in [3.8, 4) is 5.75 Å². The monoisotopic (exact) mass is 411 g/mol. The third-order valence-electron chi connectivity index (χ3n) is 3.84. The normalized spacial score (nSPS) is 11.0. The van der Waals surface area contributed by atoms with Crippen molar-refractivity contribution in [1.82, 2.24) is 5.43 Å². The fraction of sp³-hybridized carbons (Fsp3) is 0.0952. The molecule has 0 spiro atoms. The molecule has 0 saturated heterocycles. The molecule has 0 bridgehead atoms. The van der Waals surface area contributed by atoms with Crippen LogP contribution in [-0.4, -0.2) is 24.1 Å². The molecule has 3 rings (SSSR count). The highest BCUT2D eigenvalue weighted by molar-refractivity contribution is 6.30. The second kappa shape index (κ2) is 9.57. The van der Waals surface area contributed by atoms with Gasteiger partial charge >= 0.3 is 0 Å². The largest absolute Gasteiger partial charge is 0.484 e. The maximum absolute atomic E-state index is 12.0. The molecule has 2 aromatic carbocycles. The van der Waals surface area contributed by atoms with E-state index in [0.29, 0.717) is 22.2 Å². The van der Waals surface area contributed by atoms with Crippen molar-refractivity contribution in [3.63, 3.8) is 0 Å². The van der Waals surface area contributed by atoms with Gasteiger partial charge in [-0.1, -0.05) is 23.7 Å². The average Bonchev–Trinajstić information content (AvgIpc) is 3.27. The lowest BCUT2D eigenvalue weighted by Crippen LogP contribution is -2.25. The Morgan fingerprint density at radius 3 is 2.45 bits per heavy atom. The molecule has 1 aromatic heterocycles. The summed E-state index contributed by atoms with van der Waals surface area (Å²) in [6.07, 6.45) is 1.44. The molecule has 0 radical (unpaired) electrons. The van der Waals surface area contributed by atoms with E-state index in [4.69, 9.17) is 20.8 Å². The minimum atomic E-state index is -0.387. The summed E-state index contributed by atoms with van der Waals surface area (Å²) in [6.45, 7) is 1.59. The van der Waals surface area contributed by atoms with E-state index in [9.17, 15) is 9.59 Å². The Morgan fingerprint density at radius 2 is 1.79 bits per heavy atom. The molecule has 3 aromatic rings. The Balaban J connectivity index is 1.50. The van der Waals surface area contributed by atoms with Gasteiger partial charge in [-0.3, -0.25) is 9.59 Å². The summed E-state index contributed by atoms with van der Waals surface area (Å²) in [5.74, 6) is 0.0514. The highest BCUT2D eigenvalue weighted by Crippen LogP contribution is 2.15. The fourth-order valence-electron chi connectivity index (χ4n) is 2.32. The van der Waals surface area contributed by atoms with Crippen LogP contribution in [0.3, 0.4) is 0 Å². The van der Waals surface area contributed by atoms with E-state index in [1.165, 1.54) is 6.26 Å². The molecule has 8 heteroatoms. The molecule has 0 saturated carbocycles. The summed E-state index contributed by atoms with van der Waals surface area (Å²) in [4.78, 5) is 23.8. The molecule has 0 aliphatic heterocycles. The van der Waals surface area contributed by atoms with Crippen LogP contribution in [0.5, 0.6) is 5.75 Å². The number of halogens is 1. The standard InChI is InChI=1S/C21H18ClN3O4/c1-14(24-25-20(26)13-29-18-10-6-16(22)7-11-18)15-4-8-17(9-5-15)23-21(27)19-3-2-12-28-19/h2-12H,13H2,1H3,(H,23,27)(H,25,26)/b24-14+. The molecule has 0 unspecified atom stereocenters. The summed E-state index contributed by atoms with van der Waals surface area (Å²) in [5.41, 5.74) is 4.45. The number of hydrogen-bond acceptors (Lipinski definition) is 5. The Labute approximate surface area is 172 Å². The van der Waals surface area contributed by atoms with E-state index >= 15 is 0 Å². The minimum Gasteiger partial charge on any atom is -0.484 e. The second-order valence-corrected chi connectivity index (χ2v) is 6.42. The lowest BCUT2D eigenvalue weighted by atomic mass is 10.1. The molecule has 0 aliphatic rings. The molecule has 0 atom stereocenters. The highest BCUT2D eigenvalue weighted by atomic mass is 35.5. The topological polar surface area (TPSA) is 92.9 Å². The van der Waals surface area contributed by atoms with Crippen molar-refractivity contribution < 1.29 is 18.7 Å². The number of nitrogens with zero attached hydrogens (tertiary/aromatic N) is 1. The SMILES string of the molecule is C/C(=N\NC(=O)COc1ccc(Cl)cc1)c1ccc(NC(=O)c2ccco2)cc1. The number of amides is 2. The zero-order valence-electron chi connectivity index (χ0n) is 15.5. The number of furan rings is 1. The molecule has 2 N–H and O–H groups in total. The molecular formula is C21H18ClN3O4. The van der Waals surface area contributed by atoms with E-state index in [-0.39, 0.29) is 24.2 Å². The molecule has 29 heavy (non-hydrogen) atoms. The first-order valence-corrected chi connectivity index (χ1v) is 9.06. The smallest absolute Gasteiger partial charge is 0.291 e. The minimum absolute atomic E-state index is 0.170. The molecule has 2 amide bonds. The molecular weight excluding hydrogens is 394 g/mol. The number of hydrogen-bond donors (Lipinski definition) is 2. The Kier molecular flexibility index (Phi) is 6.65. The number of benzene rings is 2. The summed E-state index contributed by atoms with van der Waals surface area (Å²) in [6, 6.07) is 17.0. The van der Waals surface area contributed by atoms with Crippen LogP contribution >= 0.6 is 11.6 Å². The molecule has 0 fully saturated rings. The quantitative estimate of drug-likeness (QED) is 0.452. The van der Waals surface area contributed by atoms with Crippen LogP contribution in [0.2, 0.25) is 5.02 Å². The van der Waals surface area contributed by atoms with Crippen molar-refractivity contribution in [2.24, 2.45) is 5.10 Å². The first-order chi connectivity index (χ1) is 14.0. The van der Waals surface area contributed by atoms with Crippen molar-refractivity contribution in [2.75, 3.05) is 11.9 Å². The second-order valence-electron chi connectivity index (χ2n) is 5.98. The van der Waals surface area contributed by atoms with Crippen LogP contribution in [0.1, 0.15) is 23.0 Å². The van der Waals surface area contributed by atoms with Crippen LogP contribution in [0.15, 0.2) is 76.4 Å². The van der Waals surface area contributed by atoms with Gasteiger partial charge in [0.05, 0.1) is 12.0 Å². The van der Waals surface area contributed by atoms with E-state index in [2.05, 4.69) is 15.8 Å². The van der Waals surface area contributed by atoms with Crippen LogP contribution in [-0.2, 0) is 4.79 Å². The van der Waals surface area contributed by atoms with E-state index in [1.54, 1.807) is 67.6 Å². The van der Waals surface area contributed by atoms with Gasteiger partial charge in [-0.2, -0.15) is 5.10 Å². The Morgan fingerprint density at radius 1 is 1.07 bits per heavy atom. The van der Waals surface area contributed by atoms with Gasteiger partial charge in [-0.15, -0.1) is 0 Å². The number of ether oxygens (including phenoxy) is 1. The highest BCUT2D eigenvalue weighted by Gasteiger charge is 2.09. The van der Waals surface area contributed by atoms with Gasteiger partial charge in [0, 0.05) is 10.7 Å². The molecule has 148 valence electrons. The van der Waals surface area contributed by atoms with Gasteiger partial charge in [0.25, 0.3) is 11.8 Å². The van der Waals surface area contributed by atoms with Crippen LogP contribution in [0.25, 0.3) is 0 Å².